The highest BCUT2D eigenvalue weighted by Gasteiger charge is 2.53. The van der Waals surface area contributed by atoms with Crippen LogP contribution in [0.2, 0.25) is 0 Å². The summed E-state index contributed by atoms with van der Waals surface area (Å²) in [6.07, 6.45) is 4.49. The zero-order chi connectivity index (χ0) is 18.9. The van der Waals surface area contributed by atoms with Gasteiger partial charge in [-0.15, -0.1) is 0 Å². The molecule has 2 saturated heterocycles. The van der Waals surface area contributed by atoms with Crippen molar-refractivity contribution in [3.63, 3.8) is 0 Å². The fourth-order valence-electron chi connectivity index (χ4n) is 4.39. The van der Waals surface area contributed by atoms with Crippen molar-refractivity contribution >= 4 is 11.8 Å². The summed E-state index contributed by atoms with van der Waals surface area (Å²) >= 11 is 0. The van der Waals surface area contributed by atoms with Crippen LogP contribution in [0.5, 0.6) is 0 Å². The summed E-state index contributed by atoms with van der Waals surface area (Å²) in [5, 5.41) is 0. The molecular formula is C20H25FN2O4. The predicted molar refractivity (Wildman–Crippen MR) is 95.5 cm³/mol. The first-order valence-electron chi connectivity index (χ1n) is 9.70. The second kappa shape index (κ2) is 7.56. The minimum absolute atomic E-state index is 0.0868. The third-order valence-corrected chi connectivity index (χ3v) is 5.81. The summed E-state index contributed by atoms with van der Waals surface area (Å²) in [4.78, 5) is 29.9. The highest BCUT2D eigenvalue weighted by molar-refractivity contribution is 5.98. The Kier molecular flexibility index (Phi) is 5.14. The summed E-state index contributed by atoms with van der Waals surface area (Å²) in [6, 6.07) is 4.86. The summed E-state index contributed by atoms with van der Waals surface area (Å²) in [6.45, 7) is 2.29. The van der Waals surface area contributed by atoms with Crippen LogP contribution in [-0.4, -0.2) is 66.3 Å². The number of ether oxygens (including phenoxy) is 2. The van der Waals surface area contributed by atoms with Gasteiger partial charge in [0.15, 0.2) is 0 Å². The van der Waals surface area contributed by atoms with Crippen LogP contribution in [0.1, 0.15) is 42.5 Å². The molecule has 6 nitrogen and oxygen atoms in total. The molecule has 0 radical (unpaired) electrons. The molecule has 1 atom stereocenters. The highest BCUT2D eigenvalue weighted by atomic mass is 19.1. The fraction of sp³-hybridized carbons (Fsp3) is 0.600. The van der Waals surface area contributed by atoms with E-state index in [0.717, 1.165) is 32.1 Å². The van der Waals surface area contributed by atoms with Gasteiger partial charge in [-0.2, -0.15) is 0 Å². The van der Waals surface area contributed by atoms with E-state index >= 15 is 0 Å². The molecule has 1 saturated carbocycles. The lowest BCUT2D eigenvalue weighted by Gasteiger charge is -2.42. The molecule has 7 heteroatoms. The van der Waals surface area contributed by atoms with Crippen LogP contribution < -0.4 is 0 Å². The normalized spacial score (nSPS) is 25.0. The van der Waals surface area contributed by atoms with Crippen molar-refractivity contribution in [2.45, 2.75) is 43.9 Å². The van der Waals surface area contributed by atoms with Crippen molar-refractivity contribution in [3.05, 3.63) is 35.6 Å². The number of hydrogen-bond donors (Lipinski definition) is 0. The largest absolute Gasteiger partial charge is 0.378 e. The molecule has 4 rings (SSSR count). The fourth-order valence-corrected chi connectivity index (χ4v) is 4.39. The summed E-state index contributed by atoms with van der Waals surface area (Å²) in [5.41, 5.74) is -0.345. The molecule has 0 aromatic heterocycles. The molecule has 0 bridgehead atoms. The summed E-state index contributed by atoms with van der Waals surface area (Å²) in [7, 11) is 0. The maximum Gasteiger partial charge on any atom is 0.256 e. The Morgan fingerprint density at radius 1 is 1.04 bits per heavy atom. The number of carbonyl (C=O) groups excluding carboxylic acids is 2. The zero-order valence-electron chi connectivity index (χ0n) is 15.4. The van der Waals surface area contributed by atoms with Crippen molar-refractivity contribution in [1.82, 2.24) is 9.80 Å². The lowest BCUT2D eigenvalue weighted by molar-refractivity contribution is -0.141. The number of benzene rings is 1. The van der Waals surface area contributed by atoms with E-state index in [9.17, 15) is 14.0 Å². The smallest absolute Gasteiger partial charge is 0.256 e. The van der Waals surface area contributed by atoms with Gasteiger partial charge in [-0.1, -0.05) is 6.42 Å². The number of nitrogens with zero attached hydrogens (tertiary/aromatic N) is 2. The van der Waals surface area contributed by atoms with Crippen molar-refractivity contribution in [2.75, 3.05) is 32.9 Å². The molecule has 1 aromatic rings. The SMILES string of the molecule is O=C(C1COC2(CCCCC2)N1C(=O)c1ccc(F)cc1)N1CCOCC1. The van der Waals surface area contributed by atoms with Crippen LogP contribution in [0.15, 0.2) is 24.3 Å². The lowest BCUT2D eigenvalue weighted by Crippen LogP contribution is -2.58. The van der Waals surface area contributed by atoms with Crippen LogP contribution in [0.3, 0.4) is 0 Å². The number of morpholine rings is 1. The van der Waals surface area contributed by atoms with E-state index in [1.165, 1.54) is 24.3 Å². The van der Waals surface area contributed by atoms with E-state index in [-0.39, 0.29) is 18.4 Å². The number of amides is 2. The Balaban J connectivity index is 1.64. The van der Waals surface area contributed by atoms with Crippen molar-refractivity contribution < 1.29 is 23.5 Å². The predicted octanol–water partition coefficient (Wildman–Crippen LogP) is 2.19. The molecular weight excluding hydrogens is 351 g/mol. The third kappa shape index (κ3) is 3.46. The van der Waals surface area contributed by atoms with Gasteiger partial charge in [-0.05, 0) is 49.9 Å². The van der Waals surface area contributed by atoms with Gasteiger partial charge in [-0.3, -0.25) is 14.5 Å². The monoisotopic (exact) mass is 376 g/mol. The van der Waals surface area contributed by atoms with E-state index in [2.05, 4.69) is 0 Å². The van der Waals surface area contributed by atoms with Crippen LogP contribution in [-0.2, 0) is 14.3 Å². The third-order valence-electron chi connectivity index (χ3n) is 5.81. The lowest BCUT2D eigenvalue weighted by atomic mass is 9.89. The summed E-state index contributed by atoms with van der Waals surface area (Å²) in [5.74, 6) is -0.741. The van der Waals surface area contributed by atoms with E-state index in [1.807, 2.05) is 0 Å². The highest BCUT2D eigenvalue weighted by Crippen LogP contribution is 2.41. The van der Waals surface area contributed by atoms with E-state index < -0.39 is 17.6 Å². The van der Waals surface area contributed by atoms with Crippen molar-refractivity contribution in [1.29, 1.82) is 0 Å². The number of hydrogen-bond acceptors (Lipinski definition) is 4. The Hall–Kier alpha value is -1.99. The molecule has 1 aromatic carbocycles. The average Bonchev–Trinajstić information content (AvgIpc) is 3.07. The Labute approximate surface area is 158 Å². The Morgan fingerprint density at radius 2 is 1.70 bits per heavy atom. The molecule has 3 aliphatic rings. The maximum absolute atomic E-state index is 13.4. The van der Waals surface area contributed by atoms with Crippen molar-refractivity contribution in [3.8, 4) is 0 Å². The van der Waals surface area contributed by atoms with Gasteiger partial charge in [0.2, 0.25) is 5.91 Å². The minimum Gasteiger partial charge on any atom is -0.378 e. The van der Waals surface area contributed by atoms with Crippen LogP contribution >= 0.6 is 0 Å². The number of carbonyl (C=O) groups is 2. The van der Waals surface area contributed by atoms with Gasteiger partial charge >= 0.3 is 0 Å². The first-order valence-corrected chi connectivity index (χ1v) is 9.70. The van der Waals surface area contributed by atoms with Gasteiger partial charge in [-0.25, -0.2) is 4.39 Å². The quantitative estimate of drug-likeness (QED) is 0.794. The van der Waals surface area contributed by atoms with Crippen LogP contribution in [0.4, 0.5) is 4.39 Å². The second-order valence-corrected chi connectivity index (χ2v) is 7.45. The molecule has 1 aliphatic carbocycles. The molecule has 27 heavy (non-hydrogen) atoms. The molecule has 2 aliphatic heterocycles. The Morgan fingerprint density at radius 3 is 2.37 bits per heavy atom. The topological polar surface area (TPSA) is 59.1 Å². The number of halogens is 1. The number of rotatable bonds is 2. The molecule has 2 heterocycles. The van der Waals surface area contributed by atoms with E-state index in [0.29, 0.717) is 31.9 Å². The zero-order valence-corrected chi connectivity index (χ0v) is 15.4. The first kappa shape index (κ1) is 18.4. The first-order chi connectivity index (χ1) is 13.1. The molecule has 1 spiro atoms. The molecule has 2 amide bonds. The van der Waals surface area contributed by atoms with Gasteiger partial charge in [0, 0.05) is 18.7 Å². The maximum atomic E-state index is 13.4. The van der Waals surface area contributed by atoms with Gasteiger partial charge in [0.25, 0.3) is 5.91 Å². The molecule has 3 fully saturated rings. The van der Waals surface area contributed by atoms with Gasteiger partial charge in [0.05, 0.1) is 19.8 Å². The second-order valence-electron chi connectivity index (χ2n) is 7.45. The summed E-state index contributed by atoms with van der Waals surface area (Å²) < 4.78 is 24.8. The minimum atomic E-state index is -0.726. The average molecular weight is 376 g/mol. The van der Waals surface area contributed by atoms with Crippen LogP contribution in [0, 0.1) is 5.82 Å². The standard InChI is InChI=1S/C20H25FN2O4/c21-16-6-4-15(5-7-16)18(24)23-17(19(25)22-10-12-26-13-11-22)14-27-20(23)8-2-1-3-9-20/h4-7,17H,1-3,8-14H2. The molecule has 1 unspecified atom stereocenters. The van der Waals surface area contributed by atoms with E-state index in [4.69, 9.17) is 9.47 Å². The molecule has 0 N–H and O–H groups in total. The van der Waals surface area contributed by atoms with Crippen LogP contribution in [0.25, 0.3) is 0 Å². The van der Waals surface area contributed by atoms with Crippen molar-refractivity contribution in [2.24, 2.45) is 0 Å². The van der Waals surface area contributed by atoms with E-state index in [1.54, 1.807) is 9.80 Å². The van der Waals surface area contributed by atoms with Gasteiger partial charge in [0.1, 0.15) is 17.6 Å². The Bertz CT molecular complexity index is 696. The molecule has 146 valence electrons. The van der Waals surface area contributed by atoms with Gasteiger partial charge < -0.3 is 14.4 Å².